The van der Waals surface area contributed by atoms with Gasteiger partial charge in [-0.15, -0.1) is 0 Å². The summed E-state index contributed by atoms with van der Waals surface area (Å²) in [6.45, 7) is 2.06. The molecule has 0 aliphatic carbocycles. The largest absolute Gasteiger partial charge is 0.496 e. The summed E-state index contributed by atoms with van der Waals surface area (Å²) >= 11 is 3.43. The van der Waals surface area contributed by atoms with E-state index >= 15 is 0 Å². The van der Waals surface area contributed by atoms with Crippen molar-refractivity contribution < 1.29 is 4.74 Å². The summed E-state index contributed by atoms with van der Waals surface area (Å²) < 4.78 is 6.01. The lowest BCUT2D eigenvalue weighted by atomic mass is 10.2. The number of aromatic nitrogens is 2. The number of benzene rings is 1. The maximum Gasteiger partial charge on any atom is 0.251 e. The Bertz CT molecular complexity index is 638. The SMILES string of the molecule is CCCc1cc(=O)[nH]c(-c2ccc(OC)c(Br)c2)n1. The third-order valence-corrected chi connectivity index (χ3v) is 3.35. The lowest BCUT2D eigenvalue weighted by Crippen LogP contribution is -2.10. The van der Waals surface area contributed by atoms with Crippen molar-refractivity contribution in [1.29, 1.82) is 0 Å². The molecule has 2 rings (SSSR count). The maximum atomic E-state index is 11.6. The van der Waals surface area contributed by atoms with Crippen LogP contribution in [0.3, 0.4) is 0 Å². The molecule has 2 aromatic rings. The number of rotatable bonds is 4. The number of halogens is 1. The van der Waals surface area contributed by atoms with Crippen LogP contribution in [0.5, 0.6) is 5.75 Å². The second kappa shape index (κ2) is 6.02. The van der Waals surface area contributed by atoms with Crippen molar-refractivity contribution >= 4 is 15.9 Å². The van der Waals surface area contributed by atoms with E-state index in [1.54, 1.807) is 13.2 Å². The van der Waals surface area contributed by atoms with E-state index in [1.807, 2.05) is 18.2 Å². The lowest BCUT2D eigenvalue weighted by Gasteiger charge is -2.07. The topological polar surface area (TPSA) is 55.0 Å². The number of H-pyrrole nitrogens is 1. The minimum atomic E-state index is -0.125. The van der Waals surface area contributed by atoms with Gasteiger partial charge in [0.2, 0.25) is 0 Å². The molecule has 1 N–H and O–H groups in total. The molecular weight excluding hydrogens is 308 g/mol. The molecule has 0 radical (unpaired) electrons. The summed E-state index contributed by atoms with van der Waals surface area (Å²) in [7, 11) is 1.61. The molecule has 0 bridgehead atoms. The molecule has 0 spiro atoms. The number of nitrogens with zero attached hydrogens (tertiary/aromatic N) is 1. The summed E-state index contributed by atoms with van der Waals surface area (Å²) in [5.41, 5.74) is 1.54. The van der Waals surface area contributed by atoms with Crippen LogP contribution in [0.15, 0.2) is 33.5 Å². The number of hydrogen-bond acceptors (Lipinski definition) is 3. The van der Waals surface area contributed by atoms with Crippen LogP contribution >= 0.6 is 15.9 Å². The quantitative estimate of drug-likeness (QED) is 0.940. The summed E-state index contributed by atoms with van der Waals surface area (Å²) in [5.74, 6) is 1.33. The molecule has 0 saturated carbocycles. The molecule has 19 heavy (non-hydrogen) atoms. The van der Waals surface area contributed by atoms with Crippen molar-refractivity contribution in [3.05, 3.63) is 44.8 Å². The van der Waals surface area contributed by atoms with Gasteiger partial charge in [-0.25, -0.2) is 4.98 Å². The summed E-state index contributed by atoms with van der Waals surface area (Å²) in [5, 5.41) is 0. The van der Waals surface area contributed by atoms with Crippen molar-refractivity contribution in [2.45, 2.75) is 19.8 Å². The standard InChI is InChI=1S/C14H15BrN2O2/c1-3-4-10-8-13(18)17-14(16-10)9-5-6-12(19-2)11(15)7-9/h5-8H,3-4H2,1-2H3,(H,16,17,18). The van der Waals surface area contributed by atoms with Gasteiger partial charge >= 0.3 is 0 Å². The number of hydrogen-bond donors (Lipinski definition) is 1. The Morgan fingerprint density at radius 3 is 2.79 bits per heavy atom. The van der Waals surface area contributed by atoms with Gasteiger partial charge < -0.3 is 9.72 Å². The Labute approximate surface area is 120 Å². The van der Waals surface area contributed by atoms with Gasteiger partial charge in [-0.05, 0) is 40.5 Å². The zero-order valence-corrected chi connectivity index (χ0v) is 12.5. The van der Waals surface area contributed by atoms with Crippen molar-refractivity contribution in [3.8, 4) is 17.1 Å². The van der Waals surface area contributed by atoms with Crippen LogP contribution in [0, 0.1) is 0 Å². The van der Waals surface area contributed by atoms with E-state index in [0.29, 0.717) is 5.82 Å². The van der Waals surface area contributed by atoms with E-state index in [0.717, 1.165) is 34.3 Å². The van der Waals surface area contributed by atoms with Gasteiger partial charge in [0, 0.05) is 17.3 Å². The Hall–Kier alpha value is -1.62. The number of nitrogens with one attached hydrogen (secondary N) is 1. The van der Waals surface area contributed by atoms with Gasteiger partial charge in [-0.3, -0.25) is 4.79 Å². The third kappa shape index (κ3) is 3.23. The average molecular weight is 323 g/mol. The van der Waals surface area contributed by atoms with Gasteiger partial charge in [-0.2, -0.15) is 0 Å². The monoisotopic (exact) mass is 322 g/mol. The van der Waals surface area contributed by atoms with Gasteiger partial charge in [0.15, 0.2) is 0 Å². The van der Waals surface area contributed by atoms with Crippen molar-refractivity contribution in [1.82, 2.24) is 9.97 Å². The summed E-state index contributed by atoms with van der Waals surface area (Å²) in [6, 6.07) is 7.14. The van der Waals surface area contributed by atoms with Crippen molar-refractivity contribution in [2.24, 2.45) is 0 Å². The Morgan fingerprint density at radius 2 is 2.16 bits per heavy atom. The van der Waals surface area contributed by atoms with E-state index in [1.165, 1.54) is 0 Å². The zero-order valence-electron chi connectivity index (χ0n) is 10.9. The molecule has 5 heteroatoms. The highest BCUT2D eigenvalue weighted by molar-refractivity contribution is 9.10. The van der Waals surface area contributed by atoms with Crippen LogP contribution < -0.4 is 10.3 Å². The van der Waals surface area contributed by atoms with E-state index < -0.39 is 0 Å². The molecule has 4 nitrogen and oxygen atoms in total. The molecule has 1 heterocycles. The van der Waals surface area contributed by atoms with E-state index in [9.17, 15) is 4.79 Å². The van der Waals surface area contributed by atoms with Gasteiger partial charge in [-0.1, -0.05) is 13.3 Å². The number of ether oxygens (including phenoxy) is 1. The molecule has 0 aliphatic rings. The first-order valence-corrected chi connectivity index (χ1v) is 6.87. The highest BCUT2D eigenvalue weighted by Gasteiger charge is 2.07. The van der Waals surface area contributed by atoms with Crippen molar-refractivity contribution in [3.63, 3.8) is 0 Å². The fourth-order valence-corrected chi connectivity index (χ4v) is 2.38. The fourth-order valence-electron chi connectivity index (χ4n) is 1.84. The molecule has 0 atom stereocenters. The molecule has 0 unspecified atom stereocenters. The van der Waals surface area contributed by atoms with Crippen LogP contribution in [0.1, 0.15) is 19.0 Å². The fraction of sp³-hybridized carbons (Fsp3) is 0.286. The Morgan fingerprint density at radius 1 is 1.37 bits per heavy atom. The Kier molecular flexibility index (Phi) is 4.37. The molecule has 100 valence electrons. The number of aryl methyl sites for hydroxylation is 1. The number of aromatic amines is 1. The molecule has 1 aromatic heterocycles. The first-order valence-electron chi connectivity index (χ1n) is 6.08. The minimum absolute atomic E-state index is 0.125. The van der Waals surface area contributed by atoms with Crippen LogP contribution in [-0.4, -0.2) is 17.1 Å². The second-order valence-electron chi connectivity index (χ2n) is 4.18. The van der Waals surface area contributed by atoms with Crippen LogP contribution in [0.4, 0.5) is 0 Å². The van der Waals surface area contributed by atoms with Crippen LogP contribution in [-0.2, 0) is 6.42 Å². The molecule has 0 aliphatic heterocycles. The second-order valence-corrected chi connectivity index (χ2v) is 5.04. The van der Waals surface area contributed by atoms with Gasteiger partial charge in [0.05, 0.1) is 11.6 Å². The normalized spacial score (nSPS) is 10.5. The molecule has 1 aromatic carbocycles. The third-order valence-electron chi connectivity index (χ3n) is 2.73. The minimum Gasteiger partial charge on any atom is -0.496 e. The molecule has 0 saturated heterocycles. The lowest BCUT2D eigenvalue weighted by molar-refractivity contribution is 0.412. The molecule has 0 fully saturated rings. The average Bonchev–Trinajstić information content (AvgIpc) is 2.38. The van der Waals surface area contributed by atoms with Gasteiger partial charge in [0.1, 0.15) is 11.6 Å². The van der Waals surface area contributed by atoms with E-state index in [-0.39, 0.29) is 5.56 Å². The maximum absolute atomic E-state index is 11.6. The number of methoxy groups -OCH3 is 1. The van der Waals surface area contributed by atoms with Crippen LogP contribution in [0.2, 0.25) is 0 Å². The Balaban J connectivity index is 2.46. The smallest absolute Gasteiger partial charge is 0.251 e. The predicted octanol–water partition coefficient (Wildman–Crippen LogP) is 3.16. The summed E-state index contributed by atoms with van der Waals surface area (Å²) in [6.07, 6.45) is 1.76. The van der Waals surface area contributed by atoms with Crippen LogP contribution in [0.25, 0.3) is 11.4 Å². The van der Waals surface area contributed by atoms with E-state index in [4.69, 9.17) is 4.74 Å². The predicted molar refractivity (Wildman–Crippen MR) is 78.5 cm³/mol. The zero-order chi connectivity index (χ0) is 13.8. The van der Waals surface area contributed by atoms with E-state index in [2.05, 4.69) is 32.8 Å². The first kappa shape index (κ1) is 13.8. The van der Waals surface area contributed by atoms with Gasteiger partial charge in [0.25, 0.3) is 5.56 Å². The first-order chi connectivity index (χ1) is 9.13. The molecular formula is C14H15BrN2O2. The van der Waals surface area contributed by atoms with Crippen molar-refractivity contribution in [2.75, 3.05) is 7.11 Å². The summed E-state index contributed by atoms with van der Waals surface area (Å²) in [4.78, 5) is 18.9. The molecule has 0 amide bonds. The highest BCUT2D eigenvalue weighted by Crippen LogP contribution is 2.28. The highest BCUT2D eigenvalue weighted by atomic mass is 79.9.